The molecule has 1 aliphatic carbocycles. The number of benzene rings is 1. The minimum atomic E-state index is -0.739. The first-order chi connectivity index (χ1) is 13.0. The normalized spacial score (nSPS) is 20.6. The first-order valence-corrected chi connectivity index (χ1v) is 11.2. The van der Waals surface area contributed by atoms with E-state index in [9.17, 15) is 9.00 Å². The van der Waals surface area contributed by atoms with E-state index in [0.29, 0.717) is 29.6 Å². The van der Waals surface area contributed by atoms with E-state index < -0.39 is 10.8 Å². The van der Waals surface area contributed by atoms with E-state index in [1.165, 1.54) is 0 Å². The third-order valence-corrected chi connectivity index (χ3v) is 6.65. The smallest absolute Gasteiger partial charge is 0.251 e. The van der Waals surface area contributed by atoms with E-state index in [4.69, 9.17) is 11.6 Å². The van der Waals surface area contributed by atoms with Crippen molar-refractivity contribution in [1.82, 2.24) is 16.0 Å². The van der Waals surface area contributed by atoms with Gasteiger partial charge in [0.25, 0.3) is 5.91 Å². The van der Waals surface area contributed by atoms with Crippen molar-refractivity contribution in [3.63, 3.8) is 0 Å². The maximum atomic E-state index is 12.1. The number of rotatable bonds is 7. The van der Waals surface area contributed by atoms with Crippen LogP contribution in [-0.4, -0.2) is 53.3 Å². The summed E-state index contributed by atoms with van der Waals surface area (Å²) in [6.07, 6.45) is 4.10. The molecule has 158 valence electrons. The van der Waals surface area contributed by atoms with Crippen molar-refractivity contribution in [2.45, 2.75) is 43.9 Å². The van der Waals surface area contributed by atoms with Gasteiger partial charge in [-0.05, 0) is 43.5 Å². The van der Waals surface area contributed by atoms with Crippen LogP contribution < -0.4 is 16.0 Å². The molecule has 0 aromatic heterocycles. The Morgan fingerprint density at radius 2 is 1.89 bits per heavy atom. The van der Waals surface area contributed by atoms with Crippen LogP contribution in [0.5, 0.6) is 0 Å². The Labute approximate surface area is 192 Å². The molecule has 0 bridgehead atoms. The van der Waals surface area contributed by atoms with Crippen LogP contribution in [0.2, 0.25) is 5.02 Å². The van der Waals surface area contributed by atoms with Crippen molar-refractivity contribution >= 4 is 58.2 Å². The lowest BCUT2D eigenvalue weighted by molar-refractivity contribution is 0.0954. The summed E-state index contributed by atoms with van der Waals surface area (Å²) < 4.78 is 12.1. The molecular formula is C19H30ClIN4O2S. The summed E-state index contributed by atoms with van der Waals surface area (Å²) in [7, 11) is 0.989. The van der Waals surface area contributed by atoms with Crippen LogP contribution in [0.25, 0.3) is 0 Å². The quantitative estimate of drug-likeness (QED) is 0.215. The molecule has 1 aliphatic rings. The third kappa shape index (κ3) is 8.24. The van der Waals surface area contributed by atoms with E-state index >= 15 is 0 Å². The largest absolute Gasteiger partial charge is 0.355 e. The molecule has 3 N–H and O–H groups in total. The molecule has 1 fully saturated rings. The summed E-state index contributed by atoms with van der Waals surface area (Å²) in [6.45, 7) is 3.03. The molecule has 1 saturated carbocycles. The molecule has 3 unspecified atom stereocenters. The molecule has 2 rings (SSSR count). The van der Waals surface area contributed by atoms with Crippen LogP contribution in [0.1, 0.15) is 43.0 Å². The Morgan fingerprint density at radius 1 is 1.21 bits per heavy atom. The molecule has 3 atom stereocenters. The summed E-state index contributed by atoms with van der Waals surface area (Å²) in [4.78, 5) is 16.3. The lowest BCUT2D eigenvalue weighted by Gasteiger charge is -2.30. The predicted octanol–water partition coefficient (Wildman–Crippen LogP) is 2.93. The van der Waals surface area contributed by atoms with Gasteiger partial charge in [0.15, 0.2) is 5.96 Å². The topological polar surface area (TPSA) is 82.6 Å². The number of carbonyl (C=O) groups excluding carboxylic acids is 1. The maximum absolute atomic E-state index is 12.1. The van der Waals surface area contributed by atoms with Crippen LogP contribution in [0.15, 0.2) is 29.3 Å². The van der Waals surface area contributed by atoms with Gasteiger partial charge in [0.2, 0.25) is 0 Å². The molecule has 9 heteroatoms. The number of nitrogens with one attached hydrogen (secondary N) is 3. The Balaban J connectivity index is 0.00000392. The van der Waals surface area contributed by atoms with Crippen molar-refractivity contribution in [2.24, 2.45) is 4.99 Å². The fourth-order valence-corrected chi connectivity index (χ4v) is 4.67. The van der Waals surface area contributed by atoms with E-state index in [1.807, 2.05) is 6.92 Å². The van der Waals surface area contributed by atoms with Crippen molar-refractivity contribution in [2.75, 3.05) is 25.9 Å². The zero-order valence-electron chi connectivity index (χ0n) is 16.4. The number of aliphatic imine (C=N–C) groups is 1. The SMILES string of the molecule is CCS(=O)C1CCCC(NC(=NC)NCCNC(=O)c2ccc(Cl)cc2)C1.I. The van der Waals surface area contributed by atoms with Gasteiger partial charge < -0.3 is 16.0 Å². The molecule has 1 amide bonds. The summed E-state index contributed by atoms with van der Waals surface area (Å²) in [6, 6.07) is 7.08. The highest BCUT2D eigenvalue weighted by molar-refractivity contribution is 14.0. The fraction of sp³-hybridized carbons (Fsp3) is 0.579. The highest BCUT2D eigenvalue weighted by Gasteiger charge is 2.25. The summed E-state index contributed by atoms with van der Waals surface area (Å²) >= 11 is 5.83. The van der Waals surface area contributed by atoms with Crippen molar-refractivity contribution in [1.29, 1.82) is 0 Å². The van der Waals surface area contributed by atoms with Crippen LogP contribution in [0.3, 0.4) is 0 Å². The van der Waals surface area contributed by atoms with Gasteiger partial charge in [0.1, 0.15) is 0 Å². The van der Waals surface area contributed by atoms with E-state index in [1.54, 1.807) is 31.3 Å². The molecule has 0 heterocycles. The van der Waals surface area contributed by atoms with Gasteiger partial charge in [-0.2, -0.15) is 0 Å². The number of amides is 1. The monoisotopic (exact) mass is 540 g/mol. The van der Waals surface area contributed by atoms with Crippen molar-refractivity contribution < 1.29 is 9.00 Å². The number of carbonyl (C=O) groups is 1. The Kier molecular flexibility index (Phi) is 12.0. The van der Waals surface area contributed by atoms with Gasteiger partial charge in [-0.1, -0.05) is 24.9 Å². The maximum Gasteiger partial charge on any atom is 0.251 e. The molecule has 6 nitrogen and oxygen atoms in total. The molecule has 0 saturated heterocycles. The average molecular weight is 541 g/mol. The predicted molar refractivity (Wildman–Crippen MR) is 128 cm³/mol. The second-order valence-corrected chi connectivity index (χ2v) is 9.00. The minimum absolute atomic E-state index is 0. The minimum Gasteiger partial charge on any atom is -0.355 e. The molecule has 28 heavy (non-hydrogen) atoms. The molecule has 1 aromatic carbocycles. The summed E-state index contributed by atoms with van der Waals surface area (Å²) in [5.74, 6) is 1.30. The summed E-state index contributed by atoms with van der Waals surface area (Å²) in [5, 5.41) is 10.4. The lowest BCUT2D eigenvalue weighted by atomic mass is 9.95. The van der Waals surface area contributed by atoms with Gasteiger partial charge >= 0.3 is 0 Å². The van der Waals surface area contributed by atoms with Crippen LogP contribution in [-0.2, 0) is 10.8 Å². The van der Waals surface area contributed by atoms with Gasteiger partial charge in [-0.3, -0.25) is 14.0 Å². The Bertz CT molecular complexity index is 672. The second-order valence-electron chi connectivity index (χ2n) is 6.56. The van der Waals surface area contributed by atoms with Gasteiger partial charge in [0.05, 0.1) is 0 Å². The number of hydrogen-bond acceptors (Lipinski definition) is 3. The van der Waals surface area contributed by atoms with E-state index in [2.05, 4.69) is 20.9 Å². The highest BCUT2D eigenvalue weighted by Crippen LogP contribution is 2.22. The average Bonchev–Trinajstić information content (AvgIpc) is 2.70. The fourth-order valence-electron chi connectivity index (χ4n) is 3.20. The second kappa shape index (κ2) is 13.4. The number of guanidine groups is 1. The molecular weight excluding hydrogens is 511 g/mol. The third-order valence-electron chi connectivity index (χ3n) is 4.66. The number of hydrogen-bond donors (Lipinski definition) is 3. The van der Waals surface area contributed by atoms with E-state index in [-0.39, 0.29) is 41.2 Å². The summed E-state index contributed by atoms with van der Waals surface area (Å²) in [5.41, 5.74) is 0.582. The lowest BCUT2D eigenvalue weighted by Crippen LogP contribution is -2.48. The first kappa shape index (κ1) is 25.2. The van der Waals surface area contributed by atoms with Gasteiger partial charge in [-0.15, -0.1) is 24.0 Å². The molecule has 0 spiro atoms. The first-order valence-electron chi connectivity index (χ1n) is 9.41. The number of halogens is 2. The van der Waals surface area contributed by atoms with Gasteiger partial charge in [-0.25, -0.2) is 0 Å². The molecule has 1 aromatic rings. The standard InChI is InChI=1S/C19H29ClN4O2S.HI/c1-3-27(26)17-6-4-5-16(13-17)24-19(21-2)23-12-11-22-18(25)14-7-9-15(20)10-8-14;/h7-10,16-17H,3-6,11-13H2,1-2H3,(H,22,25)(H2,21,23,24);1H. The Morgan fingerprint density at radius 3 is 2.54 bits per heavy atom. The highest BCUT2D eigenvalue weighted by atomic mass is 127. The number of nitrogens with zero attached hydrogens (tertiary/aromatic N) is 1. The molecule has 0 radical (unpaired) electrons. The van der Waals surface area contributed by atoms with Crippen molar-refractivity contribution in [3.05, 3.63) is 34.9 Å². The van der Waals surface area contributed by atoms with E-state index in [0.717, 1.165) is 31.4 Å². The van der Waals surface area contributed by atoms with Crippen LogP contribution in [0.4, 0.5) is 0 Å². The van der Waals surface area contributed by atoms with Crippen LogP contribution in [0, 0.1) is 0 Å². The van der Waals surface area contributed by atoms with Crippen LogP contribution >= 0.6 is 35.6 Å². The Hall–Kier alpha value is -0.870. The zero-order chi connectivity index (χ0) is 19.6. The van der Waals surface area contributed by atoms with Gasteiger partial charge in [0, 0.05) is 58.6 Å². The van der Waals surface area contributed by atoms with Crippen molar-refractivity contribution in [3.8, 4) is 0 Å². The molecule has 0 aliphatic heterocycles. The zero-order valence-corrected chi connectivity index (χ0v) is 20.3.